The molecular weight excluding hydrogens is 248 g/mol. The molecular formula is C12H12N4O3. The minimum atomic E-state index is -0.445. The first-order chi connectivity index (χ1) is 9.25. The number of rotatable bonds is 3. The first-order valence-corrected chi connectivity index (χ1v) is 6.06. The van der Waals surface area contributed by atoms with Gasteiger partial charge in [0.25, 0.3) is 5.69 Å². The van der Waals surface area contributed by atoms with Gasteiger partial charge in [-0.2, -0.15) is 4.98 Å². The molecule has 1 aliphatic rings. The number of nitro benzene ring substituents is 1. The zero-order valence-corrected chi connectivity index (χ0v) is 10.1. The summed E-state index contributed by atoms with van der Waals surface area (Å²) in [4.78, 5) is 14.8. The van der Waals surface area contributed by atoms with Gasteiger partial charge in [0.1, 0.15) is 5.56 Å². The van der Waals surface area contributed by atoms with Crippen molar-refractivity contribution < 1.29 is 9.45 Å². The van der Waals surface area contributed by atoms with Crippen molar-refractivity contribution in [1.29, 1.82) is 0 Å². The fourth-order valence-electron chi connectivity index (χ4n) is 2.20. The van der Waals surface area contributed by atoms with Crippen molar-refractivity contribution in [1.82, 2.24) is 15.5 Å². The summed E-state index contributed by atoms with van der Waals surface area (Å²) in [5.41, 5.74) is 0.356. The van der Waals surface area contributed by atoms with Gasteiger partial charge in [0.05, 0.1) is 11.0 Å². The molecule has 3 rings (SSSR count). The normalized spacial score (nSPS) is 18.6. The average molecular weight is 260 g/mol. The molecule has 1 aliphatic heterocycles. The van der Waals surface area contributed by atoms with Crippen LogP contribution in [-0.2, 0) is 0 Å². The molecule has 1 fully saturated rings. The lowest BCUT2D eigenvalue weighted by Crippen LogP contribution is -2.12. The second kappa shape index (κ2) is 4.77. The Hall–Kier alpha value is -2.28. The van der Waals surface area contributed by atoms with E-state index in [1.54, 1.807) is 18.2 Å². The maximum absolute atomic E-state index is 11.0. The lowest BCUT2D eigenvalue weighted by molar-refractivity contribution is -0.384. The monoisotopic (exact) mass is 260 g/mol. The van der Waals surface area contributed by atoms with Gasteiger partial charge in [-0.15, -0.1) is 0 Å². The highest BCUT2D eigenvalue weighted by atomic mass is 16.6. The van der Waals surface area contributed by atoms with Gasteiger partial charge in [-0.25, -0.2) is 0 Å². The number of hydrogen-bond donors (Lipinski definition) is 1. The Morgan fingerprint density at radius 2 is 2.26 bits per heavy atom. The molecule has 1 saturated heterocycles. The molecule has 0 aliphatic carbocycles. The third-order valence-corrected chi connectivity index (χ3v) is 3.14. The second-order valence-electron chi connectivity index (χ2n) is 4.38. The second-order valence-corrected chi connectivity index (χ2v) is 4.38. The van der Waals surface area contributed by atoms with Crippen LogP contribution in [-0.4, -0.2) is 21.6 Å². The minimum absolute atomic E-state index is 0.0192. The molecule has 2 heterocycles. The Morgan fingerprint density at radius 1 is 1.42 bits per heavy atom. The summed E-state index contributed by atoms with van der Waals surface area (Å²) in [5, 5.41) is 18.1. The molecule has 7 heteroatoms. The fourth-order valence-corrected chi connectivity index (χ4v) is 2.20. The third-order valence-electron chi connectivity index (χ3n) is 3.14. The van der Waals surface area contributed by atoms with Crippen LogP contribution in [0.4, 0.5) is 5.69 Å². The first kappa shape index (κ1) is 11.8. The lowest BCUT2D eigenvalue weighted by Gasteiger charge is -2.01. The Morgan fingerprint density at radius 3 is 3.00 bits per heavy atom. The van der Waals surface area contributed by atoms with E-state index in [0.29, 0.717) is 11.5 Å². The maximum atomic E-state index is 11.0. The summed E-state index contributed by atoms with van der Waals surface area (Å²) in [5.74, 6) is 0.752. The number of nitrogens with zero attached hydrogens (tertiary/aromatic N) is 3. The van der Waals surface area contributed by atoms with Crippen LogP contribution in [0.15, 0.2) is 28.8 Å². The fraction of sp³-hybridized carbons (Fsp3) is 0.333. The lowest BCUT2D eigenvalue weighted by atomic mass is 10.1. The summed E-state index contributed by atoms with van der Waals surface area (Å²) in [7, 11) is 0. The zero-order valence-electron chi connectivity index (χ0n) is 10.1. The Labute approximate surface area is 108 Å². The van der Waals surface area contributed by atoms with Gasteiger partial charge in [-0.1, -0.05) is 17.3 Å². The van der Waals surface area contributed by atoms with Crippen LogP contribution in [0, 0.1) is 10.1 Å². The molecule has 0 saturated carbocycles. The molecule has 0 spiro atoms. The van der Waals surface area contributed by atoms with E-state index in [2.05, 4.69) is 15.5 Å². The van der Waals surface area contributed by atoms with Gasteiger partial charge >= 0.3 is 0 Å². The van der Waals surface area contributed by atoms with Crippen LogP contribution < -0.4 is 5.32 Å². The molecule has 0 amide bonds. The highest BCUT2D eigenvalue weighted by molar-refractivity contribution is 5.67. The predicted octanol–water partition coefficient (Wildman–Crippen LogP) is 2.07. The van der Waals surface area contributed by atoms with Gasteiger partial charge in [0.2, 0.25) is 11.7 Å². The van der Waals surface area contributed by atoms with Crippen molar-refractivity contribution in [2.24, 2.45) is 0 Å². The smallest absolute Gasteiger partial charge is 0.280 e. The number of aromatic nitrogens is 2. The van der Waals surface area contributed by atoms with E-state index >= 15 is 0 Å². The minimum Gasteiger partial charge on any atom is -0.337 e. The molecule has 0 radical (unpaired) electrons. The van der Waals surface area contributed by atoms with Gasteiger partial charge < -0.3 is 9.84 Å². The number of nitro groups is 1. The van der Waals surface area contributed by atoms with Crippen LogP contribution >= 0.6 is 0 Å². The van der Waals surface area contributed by atoms with Gasteiger partial charge in [0.15, 0.2) is 0 Å². The first-order valence-electron chi connectivity index (χ1n) is 6.06. The molecule has 0 unspecified atom stereocenters. The average Bonchev–Trinajstić information content (AvgIpc) is 3.09. The van der Waals surface area contributed by atoms with Crippen molar-refractivity contribution in [2.75, 3.05) is 6.54 Å². The van der Waals surface area contributed by atoms with Crippen LogP contribution in [0.2, 0.25) is 0 Å². The highest BCUT2D eigenvalue weighted by Crippen LogP contribution is 2.29. The number of para-hydroxylation sites is 1. The van der Waals surface area contributed by atoms with Crippen molar-refractivity contribution in [3.05, 3.63) is 40.3 Å². The molecule has 2 aromatic rings. The van der Waals surface area contributed by atoms with E-state index in [9.17, 15) is 10.1 Å². The van der Waals surface area contributed by atoms with Crippen molar-refractivity contribution >= 4 is 5.69 Å². The van der Waals surface area contributed by atoms with E-state index < -0.39 is 4.92 Å². The van der Waals surface area contributed by atoms with Crippen molar-refractivity contribution in [3.8, 4) is 11.4 Å². The maximum Gasteiger partial charge on any atom is 0.280 e. The predicted molar refractivity (Wildman–Crippen MR) is 66.4 cm³/mol. The van der Waals surface area contributed by atoms with Crippen LogP contribution in [0.5, 0.6) is 0 Å². The summed E-state index contributed by atoms with van der Waals surface area (Å²) in [6.45, 7) is 0.924. The van der Waals surface area contributed by atoms with Crippen LogP contribution in [0.1, 0.15) is 24.8 Å². The van der Waals surface area contributed by atoms with E-state index in [4.69, 9.17) is 4.52 Å². The molecule has 0 bridgehead atoms. The SMILES string of the molecule is O=[N+]([O-])c1ccccc1-c1noc([C@@H]2CCCN2)n1. The highest BCUT2D eigenvalue weighted by Gasteiger charge is 2.25. The molecule has 19 heavy (non-hydrogen) atoms. The van der Waals surface area contributed by atoms with E-state index in [-0.39, 0.29) is 17.6 Å². The third kappa shape index (κ3) is 2.19. The Bertz CT molecular complexity index is 605. The quantitative estimate of drug-likeness (QED) is 0.670. The molecule has 7 nitrogen and oxygen atoms in total. The molecule has 1 aromatic heterocycles. The molecule has 98 valence electrons. The Balaban J connectivity index is 1.96. The molecule has 1 aromatic carbocycles. The number of hydrogen-bond acceptors (Lipinski definition) is 6. The van der Waals surface area contributed by atoms with Crippen molar-refractivity contribution in [3.63, 3.8) is 0 Å². The molecule has 1 atom stereocenters. The van der Waals surface area contributed by atoms with E-state index in [1.807, 2.05) is 0 Å². The van der Waals surface area contributed by atoms with Gasteiger partial charge in [0, 0.05) is 6.07 Å². The largest absolute Gasteiger partial charge is 0.337 e. The van der Waals surface area contributed by atoms with Gasteiger partial charge in [-0.3, -0.25) is 10.1 Å². The van der Waals surface area contributed by atoms with Gasteiger partial charge in [-0.05, 0) is 25.5 Å². The number of benzene rings is 1. The standard InChI is InChI=1S/C12H12N4O3/c17-16(18)10-6-2-1-4-8(10)11-14-12(19-15-11)9-5-3-7-13-9/h1-2,4,6,9,13H,3,5,7H2/t9-/m0/s1. The van der Waals surface area contributed by atoms with Crippen LogP contribution in [0.3, 0.4) is 0 Å². The summed E-state index contributed by atoms with van der Waals surface area (Å²) < 4.78 is 5.19. The zero-order chi connectivity index (χ0) is 13.2. The summed E-state index contributed by atoms with van der Waals surface area (Å²) in [6.07, 6.45) is 2.01. The number of nitrogens with one attached hydrogen (secondary N) is 1. The van der Waals surface area contributed by atoms with E-state index in [1.165, 1.54) is 6.07 Å². The summed E-state index contributed by atoms with van der Waals surface area (Å²) >= 11 is 0. The Kier molecular flexibility index (Phi) is 2.96. The summed E-state index contributed by atoms with van der Waals surface area (Å²) in [6, 6.07) is 6.44. The van der Waals surface area contributed by atoms with Crippen LogP contribution in [0.25, 0.3) is 11.4 Å². The van der Waals surface area contributed by atoms with Crippen molar-refractivity contribution in [2.45, 2.75) is 18.9 Å². The van der Waals surface area contributed by atoms with E-state index in [0.717, 1.165) is 19.4 Å². The molecule has 1 N–H and O–H groups in total. The topological polar surface area (TPSA) is 94.1 Å².